The standard InChI is InChI=1S/C24H16F3N2O/c1-15-2-9-19(10-3-15)29-13-12-22(29)17-6-11-21-20(14-17)23(30-28-21)16-4-7-18(8-5-16)24(25,26)27/h2-14H,1H3/q+1. The second-order valence-electron chi connectivity index (χ2n) is 7.23. The number of halogens is 3. The topological polar surface area (TPSA) is 29.0 Å². The number of hydrogen-bond acceptors (Lipinski definition) is 2. The van der Waals surface area contributed by atoms with Gasteiger partial charge >= 0.3 is 6.18 Å². The van der Waals surface area contributed by atoms with E-state index in [-0.39, 0.29) is 0 Å². The summed E-state index contributed by atoms with van der Waals surface area (Å²) in [5.41, 5.74) is 4.76. The van der Waals surface area contributed by atoms with Gasteiger partial charge in [-0.2, -0.15) is 17.7 Å². The molecule has 0 spiro atoms. The zero-order valence-electron chi connectivity index (χ0n) is 15.9. The summed E-state index contributed by atoms with van der Waals surface area (Å²) >= 11 is 0. The van der Waals surface area contributed by atoms with Gasteiger partial charge < -0.3 is 4.52 Å². The molecule has 2 heterocycles. The zero-order chi connectivity index (χ0) is 20.9. The molecule has 4 aromatic rings. The summed E-state index contributed by atoms with van der Waals surface area (Å²) in [5, 5.41) is 4.81. The second kappa shape index (κ2) is 6.69. The maximum atomic E-state index is 12.9. The van der Waals surface area contributed by atoms with E-state index in [1.807, 2.05) is 37.4 Å². The SMILES string of the molecule is Cc1ccc([N+]2=C(c3ccc4noc(-c5ccc(C(F)(F)F)cc5)c4c3)C=C2)cc1. The van der Waals surface area contributed by atoms with E-state index in [0.29, 0.717) is 16.8 Å². The van der Waals surface area contributed by atoms with Gasteiger partial charge in [-0.25, -0.2) is 0 Å². The summed E-state index contributed by atoms with van der Waals surface area (Å²) in [6, 6.07) is 18.9. The summed E-state index contributed by atoms with van der Waals surface area (Å²) in [7, 11) is 0. The van der Waals surface area contributed by atoms with Crippen LogP contribution in [0.25, 0.3) is 22.2 Å². The Hall–Kier alpha value is -3.67. The third-order valence-corrected chi connectivity index (χ3v) is 5.20. The van der Waals surface area contributed by atoms with E-state index in [4.69, 9.17) is 4.52 Å². The number of nitrogens with zero attached hydrogens (tertiary/aromatic N) is 2. The molecule has 1 aliphatic heterocycles. The van der Waals surface area contributed by atoms with Crippen LogP contribution in [0.5, 0.6) is 0 Å². The number of fused-ring (bicyclic) bond motifs is 1. The number of hydrogen-bond donors (Lipinski definition) is 0. The average Bonchev–Trinajstić information content (AvgIpc) is 3.12. The monoisotopic (exact) mass is 405 g/mol. The van der Waals surface area contributed by atoms with E-state index in [2.05, 4.69) is 34.0 Å². The third kappa shape index (κ3) is 3.10. The third-order valence-electron chi connectivity index (χ3n) is 5.20. The molecular formula is C24H16F3N2O+. The minimum Gasteiger partial charge on any atom is -0.355 e. The van der Waals surface area contributed by atoms with Gasteiger partial charge in [0.15, 0.2) is 12.0 Å². The Bertz CT molecular complexity index is 1310. The number of benzene rings is 3. The largest absolute Gasteiger partial charge is 0.416 e. The maximum absolute atomic E-state index is 12.9. The van der Waals surface area contributed by atoms with Gasteiger partial charge in [0.1, 0.15) is 5.52 Å². The van der Waals surface area contributed by atoms with Gasteiger partial charge in [0.25, 0.3) is 0 Å². The van der Waals surface area contributed by atoms with Gasteiger partial charge in [0.2, 0.25) is 11.4 Å². The molecule has 0 unspecified atom stereocenters. The van der Waals surface area contributed by atoms with Crippen LogP contribution in [0.1, 0.15) is 16.7 Å². The van der Waals surface area contributed by atoms with Crippen LogP contribution in [-0.2, 0) is 6.18 Å². The first-order chi connectivity index (χ1) is 14.4. The lowest BCUT2D eigenvalue weighted by Gasteiger charge is -2.10. The molecule has 1 aliphatic rings. The van der Waals surface area contributed by atoms with Crippen molar-refractivity contribution < 1.29 is 22.3 Å². The summed E-state index contributed by atoms with van der Waals surface area (Å²) in [4.78, 5) is 0. The molecule has 0 N–H and O–H groups in total. The summed E-state index contributed by atoms with van der Waals surface area (Å²) in [6.07, 6.45) is -0.358. The molecule has 0 radical (unpaired) electrons. The molecule has 30 heavy (non-hydrogen) atoms. The molecule has 1 aromatic heterocycles. The van der Waals surface area contributed by atoms with Crippen LogP contribution in [0.15, 0.2) is 83.5 Å². The van der Waals surface area contributed by atoms with Crippen LogP contribution in [-0.4, -0.2) is 15.4 Å². The molecule has 5 rings (SSSR count). The molecule has 0 aliphatic carbocycles. The molecular weight excluding hydrogens is 389 g/mol. The molecule has 6 heteroatoms. The van der Waals surface area contributed by atoms with Gasteiger partial charge in [-0.3, -0.25) is 0 Å². The Balaban J connectivity index is 1.55. The predicted molar refractivity (Wildman–Crippen MR) is 109 cm³/mol. The van der Waals surface area contributed by atoms with Crippen molar-refractivity contribution in [3.8, 4) is 11.3 Å². The first-order valence-corrected chi connectivity index (χ1v) is 9.39. The summed E-state index contributed by atoms with van der Waals surface area (Å²) < 4.78 is 46.1. The van der Waals surface area contributed by atoms with Crippen LogP contribution >= 0.6 is 0 Å². The van der Waals surface area contributed by atoms with Crippen molar-refractivity contribution in [2.45, 2.75) is 13.1 Å². The highest BCUT2D eigenvalue weighted by Crippen LogP contribution is 2.34. The lowest BCUT2D eigenvalue weighted by molar-refractivity contribution is -0.370. The highest BCUT2D eigenvalue weighted by molar-refractivity contribution is 6.10. The van der Waals surface area contributed by atoms with Crippen molar-refractivity contribution >= 4 is 22.3 Å². The van der Waals surface area contributed by atoms with Crippen LogP contribution in [0.4, 0.5) is 18.9 Å². The predicted octanol–water partition coefficient (Wildman–Crippen LogP) is 6.48. The van der Waals surface area contributed by atoms with Gasteiger partial charge in [-0.05, 0) is 37.3 Å². The van der Waals surface area contributed by atoms with Crippen molar-refractivity contribution in [2.75, 3.05) is 0 Å². The Morgan fingerprint density at radius 3 is 2.20 bits per heavy atom. The molecule has 0 atom stereocenters. The van der Waals surface area contributed by atoms with Crippen molar-refractivity contribution in [1.82, 2.24) is 5.16 Å². The first kappa shape index (κ1) is 18.4. The normalized spacial score (nSPS) is 13.7. The smallest absolute Gasteiger partial charge is 0.355 e. The van der Waals surface area contributed by atoms with Gasteiger partial charge in [-0.1, -0.05) is 35.0 Å². The van der Waals surface area contributed by atoms with E-state index in [1.54, 1.807) is 0 Å². The van der Waals surface area contributed by atoms with Crippen LogP contribution < -0.4 is 0 Å². The van der Waals surface area contributed by atoms with Crippen LogP contribution in [0, 0.1) is 6.92 Å². The molecule has 0 bridgehead atoms. The number of alkyl halides is 3. The van der Waals surface area contributed by atoms with Crippen molar-refractivity contribution in [2.24, 2.45) is 0 Å². The summed E-state index contributed by atoms with van der Waals surface area (Å²) in [5.74, 6) is 0.450. The molecule has 3 aromatic carbocycles. The van der Waals surface area contributed by atoms with E-state index >= 15 is 0 Å². The van der Waals surface area contributed by atoms with Crippen molar-refractivity contribution in [3.05, 3.63) is 95.7 Å². The Kier molecular flexibility index (Phi) is 4.10. The second-order valence-corrected chi connectivity index (χ2v) is 7.23. The lowest BCUT2D eigenvalue weighted by Crippen LogP contribution is -2.19. The molecule has 0 saturated carbocycles. The Morgan fingerprint density at radius 1 is 0.867 bits per heavy atom. The number of allylic oxidation sites excluding steroid dienone is 1. The lowest BCUT2D eigenvalue weighted by atomic mass is 10.0. The van der Waals surface area contributed by atoms with Crippen molar-refractivity contribution in [1.29, 1.82) is 0 Å². The average molecular weight is 405 g/mol. The fraction of sp³-hybridized carbons (Fsp3) is 0.0833. The van der Waals surface area contributed by atoms with E-state index in [0.717, 1.165) is 34.5 Å². The molecule has 148 valence electrons. The number of aryl methyl sites for hydroxylation is 1. The van der Waals surface area contributed by atoms with Crippen LogP contribution in [0.3, 0.4) is 0 Å². The fourth-order valence-corrected chi connectivity index (χ4v) is 3.51. The first-order valence-electron chi connectivity index (χ1n) is 9.39. The molecule has 0 amide bonds. The molecule has 0 fully saturated rings. The van der Waals surface area contributed by atoms with E-state index in [1.165, 1.54) is 17.7 Å². The minimum atomic E-state index is -4.37. The number of rotatable bonds is 3. The minimum absolute atomic E-state index is 0.450. The van der Waals surface area contributed by atoms with E-state index < -0.39 is 11.7 Å². The summed E-state index contributed by atoms with van der Waals surface area (Å²) in [6.45, 7) is 2.04. The van der Waals surface area contributed by atoms with Gasteiger partial charge in [-0.15, -0.1) is 0 Å². The van der Waals surface area contributed by atoms with Gasteiger partial charge in [0, 0.05) is 23.3 Å². The quantitative estimate of drug-likeness (QED) is 0.365. The maximum Gasteiger partial charge on any atom is 0.416 e. The van der Waals surface area contributed by atoms with Gasteiger partial charge in [0.05, 0.1) is 17.0 Å². The van der Waals surface area contributed by atoms with Crippen LogP contribution in [0.2, 0.25) is 0 Å². The Labute approximate surface area is 170 Å². The zero-order valence-corrected chi connectivity index (χ0v) is 15.9. The fourth-order valence-electron chi connectivity index (χ4n) is 3.51. The van der Waals surface area contributed by atoms with E-state index in [9.17, 15) is 13.2 Å². The molecule has 3 nitrogen and oxygen atoms in total. The van der Waals surface area contributed by atoms with Crippen molar-refractivity contribution in [3.63, 3.8) is 0 Å². The number of aromatic nitrogens is 1. The Morgan fingerprint density at radius 2 is 1.57 bits per heavy atom. The highest BCUT2D eigenvalue weighted by atomic mass is 19.4. The highest BCUT2D eigenvalue weighted by Gasteiger charge is 2.30. The molecule has 0 saturated heterocycles.